The fourth-order valence-electron chi connectivity index (χ4n) is 2.43. The molecule has 0 aliphatic carbocycles. The maximum atomic E-state index is 11.9. The third-order valence-corrected chi connectivity index (χ3v) is 3.52. The van der Waals surface area contributed by atoms with Crippen LogP contribution in [0.1, 0.15) is 42.0 Å². The summed E-state index contributed by atoms with van der Waals surface area (Å²) in [5, 5.41) is 2.82. The lowest BCUT2D eigenvalue weighted by molar-refractivity contribution is 0.0916. The van der Waals surface area contributed by atoms with Crippen LogP contribution in [0.2, 0.25) is 0 Å². The maximum Gasteiger partial charge on any atom is 0.286 e. The van der Waals surface area contributed by atoms with E-state index in [1.165, 1.54) is 19.3 Å². The molecule has 1 aromatic heterocycles. The lowest BCUT2D eigenvalue weighted by atomic mass is 10.1. The number of methoxy groups -OCH3 is 1. The first kappa shape index (κ1) is 15.1. The van der Waals surface area contributed by atoms with Crippen LogP contribution in [0.15, 0.2) is 16.5 Å². The molecular formula is C15H24N2O3. The van der Waals surface area contributed by atoms with Crippen LogP contribution in [0.4, 0.5) is 0 Å². The number of ether oxygens (including phenoxy) is 1. The van der Waals surface area contributed by atoms with Crippen LogP contribution in [-0.4, -0.2) is 44.2 Å². The standard InChI is InChI=1S/C15H24N2O3/c1-19-11-5-8-16-15(18)14-7-6-13(20-14)12-17-9-3-2-4-10-17/h6-7H,2-5,8-12H2,1H3,(H,16,18). The van der Waals surface area contributed by atoms with E-state index in [2.05, 4.69) is 10.2 Å². The molecule has 20 heavy (non-hydrogen) atoms. The molecule has 1 aromatic rings. The normalized spacial score (nSPS) is 16.2. The van der Waals surface area contributed by atoms with Gasteiger partial charge in [0.1, 0.15) is 5.76 Å². The van der Waals surface area contributed by atoms with Crippen molar-refractivity contribution in [2.24, 2.45) is 0 Å². The molecule has 0 radical (unpaired) electrons. The van der Waals surface area contributed by atoms with Crippen molar-refractivity contribution in [2.75, 3.05) is 33.4 Å². The molecule has 0 saturated carbocycles. The average molecular weight is 280 g/mol. The van der Waals surface area contributed by atoms with Crippen molar-refractivity contribution >= 4 is 5.91 Å². The molecule has 1 N–H and O–H groups in total. The lowest BCUT2D eigenvalue weighted by Gasteiger charge is -2.25. The smallest absolute Gasteiger partial charge is 0.286 e. The number of nitrogens with zero attached hydrogens (tertiary/aromatic N) is 1. The van der Waals surface area contributed by atoms with E-state index >= 15 is 0 Å². The van der Waals surface area contributed by atoms with Crippen LogP contribution >= 0.6 is 0 Å². The Hall–Kier alpha value is -1.33. The summed E-state index contributed by atoms with van der Waals surface area (Å²) in [5.41, 5.74) is 0. The van der Waals surface area contributed by atoms with Crippen molar-refractivity contribution < 1.29 is 13.9 Å². The maximum absolute atomic E-state index is 11.9. The molecular weight excluding hydrogens is 256 g/mol. The van der Waals surface area contributed by atoms with E-state index in [9.17, 15) is 4.79 Å². The summed E-state index contributed by atoms with van der Waals surface area (Å²) in [7, 11) is 1.65. The van der Waals surface area contributed by atoms with Gasteiger partial charge in [-0.15, -0.1) is 0 Å². The summed E-state index contributed by atoms with van der Waals surface area (Å²) in [6.45, 7) is 4.31. The molecule has 2 rings (SSSR count). The van der Waals surface area contributed by atoms with Gasteiger partial charge in [-0.05, 0) is 44.5 Å². The van der Waals surface area contributed by atoms with E-state index in [1.54, 1.807) is 13.2 Å². The molecule has 0 spiro atoms. The fraction of sp³-hybridized carbons (Fsp3) is 0.667. The minimum Gasteiger partial charge on any atom is -0.455 e. The Morgan fingerprint density at radius 2 is 2.15 bits per heavy atom. The van der Waals surface area contributed by atoms with E-state index < -0.39 is 0 Å². The van der Waals surface area contributed by atoms with Gasteiger partial charge in [-0.2, -0.15) is 0 Å². The zero-order valence-electron chi connectivity index (χ0n) is 12.2. The van der Waals surface area contributed by atoms with Crippen molar-refractivity contribution in [1.82, 2.24) is 10.2 Å². The summed E-state index contributed by atoms with van der Waals surface area (Å²) in [6.07, 6.45) is 4.65. The summed E-state index contributed by atoms with van der Waals surface area (Å²) < 4.78 is 10.6. The van der Waals surface area contributed by atoms with Gasteiger partial charge >= 0.3 is 0 Å². The molecule has 5 heteroatoms. The summed E-state index contributed by atoms with van der Waals surface area (Å²) in [6, 6.07) is 3.66. The van der Waals surface area contributed by atoms with Crippen LogP contribution in [-0.2, 0) is 11.3 Å². The minimum atomic E-state index is -0.147. The largest absolute Gasteiger partial charge is 0.455 e. The first-order valence-corrected chi connectivity index (χ1v) is 7.38. The van der Waals surface area contributed by atoms with E-state index in [4.69, 9.17) is 9.15 Å². The first-order chi connectivity index (χ1) is 9.79. The Balaban J connectivity index is 1.77. The number of hydrogen-bond acceptors (Lipinski definition) is 4. The third-order valence-electron chi connectivity index (χ3n) is 3.52. The number of amides is 1. The molecule has 2 heterocycles. The monoisotopic (exact) mass is 280 g/mol. The number of carbonyl (C=O) groups is 1. The number of carbonyl (C=O) groups excluding carboxylic acids is 1. The minimum absolute atomic E-state index is 0.147. The van der Waals surface area contributed by atoms with Gasteiger partial charge in [-0.3, -0.25) is 9.69 Å². The van der Waals surface area contributed by atoms with E-state index in [1.807, 2.05) is 6.07 Å². The highest BCUT2D eigenvalue weighted by Crippen LogP contribution is 2.15. The summed E-state index contributed by atoms with van der Waals surface area (Å²) in [4.78, 5) is 14.2. The second-order valence-corrected chi connectivity index (χ2v) is 5.21. The first-order valence-electron chi connectivity index (χ1n) is 7.38. The van der Waals surface area contributed by atoms with Crippen molar-refractivity contribution in [3.8, 4) is 0 Å². The quantitative estimate of drug-likeness (QED) is 0.777. The predicted molar refractivity (Wildman–Crippen MR) is 76.7 cm³/mol. The molecule has 1 amide bonds. The number of piperidine rings is 1. The van der Waals surface area contributed by atoms with Gasteiger partial charge in [0.25, 0.3) is 5.91 Å². The van der Waals surface area contributed by atoms with Crippen molar-refractivity contribution in [3.63, 3.8) is 0 Å². The van der Waals surface area contributed by atoms with Gasteiger partial charge in [0.15, 0.2) is 5.76 Å². The van der Waals surface area contributed by atoms with E-state index in [-0.39, 0.29) is 5.91 Å². The highest BCUT2D eigenvalue weighted by atomic mass is 16.5. The van der Waals surface area contributed by atoms with Gasteiger partial charge < -0.3 is 14.5 Å². The van der Waals surface area contributed by atoms with Crippen LogP contribution in [0.5, 0.6) is 0 Å². The van der Waals surface area contributed by atoms with Gasteiger partial charge in [0.2, 0.25) is 0 Å². The third kappa shape index (κ3) is 4.65. The molecule has 1 aliphatic rings. The molecule has 1 saturated heterocycles. The van der Waals surface area contributed by atoms with Crippen LogP contribution in [0, 0.1) is 0 Å². The molecule has 112 valence electrons. The van der Waals surface area contributed by atoms with Gasteiger partial charge in [-0.25, -0.2) is 0 Å². The number of furan rings is 1. The second kappa shape index (κ2) is 8.07. The van der Waals surface area contributed by atoms with Crippen molar-refractivity contribution in [3.05, 3.63) is 23.7 Å². The van der Waals surface area contributed by atoms with Crippen molar-refractivity contribution in [1.29, 1.82) is 0 Å². The molecule has 1 fully saturated rings. The van der Waals surface area contributed by atoms with Crippen LogP contribution in [0.25, 0.3) is 0 Å². The Bertz CT molecular complexity index is 411. The number of likely N-dealkylation sites (tertiary alicyclic amines) is 1. The SMILES string of the molecule is COCCCNC(=O)c1ccc(CN2CCCCC2)o1. The Kier molecular flexibility index (Phi) is 6.08. The summed E-state index contributed by atoms with van der Waals surface area (Å²) in [5.74, 6) is 1.12. The summed E-state index contributed by atoms with van der Waals surface area (Å²) >= 11 is 0. The highest BCUT2D eigenvalue weighted by molar-refractivity contribution is 5.91. The molecule has 1 aliphatic heterocycles. The molecule has 5 nitrogen and oxygen atoms in total. The van der Waals surface area contributed by atoms with Crippen LogP contribution < -0.4 is 5.32 Å². The molecule has 0 unspecified atom stereocenters. The Morgan fingerprint density at radius 1 is 1.35 bits per heavy atom. The zero-order chi connectivity index (χ0) is 14.2. The number of hydrogen-bond donors (Lipinski definition) is 1. The molecule has 0 aromatic carbocycles. The molecule has 0 bridgehead atoms. The van der Waals surface area contributed by atoms with Gasteiger partial charge in [-0.1, -0.05) is 6.42 Å². The van der Waals surface area contributed by atoms with Gasteiger partial charge in [0, 0.05) is 20.3 Å². The highest BCUT2D eigenvalue weighted by Gasteiger charge is 2.14. The Labute approximate surface area is 120 Å². The predicted octanol–water partition coefficient (Wildman–Crippen LogP) is 2.03. The van der Waals surface area contributed by atoms with Crippen molar-refractivity contribution in [2.45, 2.75) is 32.2 Å². The second-order valence-electron chi connectivity index (χ2n) is 5.21. The average Bonchev–Trinajstić information content (AvgIpc) is 2.93. The topological polar surface area (TPSA) is 54.7 Å². The van der Waals surface area contributed by atoms with Gasteiger partial charge in [0.05, 0.1) is 6.54 Å². The fourth-order valence-corrected chi connectivity index (χ4v) is 2.43. The van der Waals surface area contributed by atoms with Crippen LogP contribution in [0.3, 0.4) is 0 Å². The number of nitrogens with one attached hydrogen (secondary N) is 1. The van der Waals surface area contributed by atoms with E-state index in [0.29, 0.717) is 18.9 Å². The Morgan fingerprint density at radius 3 is 2.90 bits per heavy atom. The zero-order valence-corrected chi connectivity index (χ0v) is 12.2. The lowest BCUT2D eigenvalue weighted by Crippen LogP contribution is -2.29. The van der Waals surface area contributed by atoms with E-state index in [0.717, 1.165) is 31.8 Å². The number of rotatable bonds is 7. The molecule has 0 atom stereocenters.